The van der Waals surface area contributed by atoms with Crippen molar-refractivity contribution < 1.29 is 9.15 Å². The van der Waals surface area contributed by atoms with Gasteiger partial charge in [0.2, 0.25) is 0 Å². The minimum Gasteiger partial charge on any atom is -0.497 e. The largest absolute Gasteiger partial charge is 0.497 e. The third-order valence-corrected chi connectivity index (χ3v) is 3.25. The first-order valence-corrected chi connectivity index (χ1v) is 6.60. The van der Waals surface area contributed by atoms with Crippen LogP contribution in [0.15, 0.2) is 34.7 Å². The Morgan fingerprint density at radius 3 is 2.37 bits per heavy atom. The van der Waals surface area contributed by atoms with Gasteiger partial charge in [-0.05, 0) is 44.2 Å². The molecule has 1 aromatic carbocycles. The Morgan fingerprint density at radius 2 is 1.89 bits per heavy atom. The van der Waals surface area contributed by atoms with Crippen LogP contribution in [-0.2, 0) is 0 Å². The Balaban J connectivity index is 2.36. The number of hydrogen-bond donors (Lipinski definition) is 1. The molecule has 0 radical (unpaired) electrons. The van der Waals surface area contributed by atoms with E-state index in [0.29, 0.717) is 0 Å². The zero-order valence-electron chi connectivity index (χ0n) is 12.0. The van der Waals surface area contributed by atoms with Crippen molar-refractivity contribution in [3.05, 3.63) is 53.0 Å². The van der Waals surface area contributed by atoms with E-state index in [9.17, 15) is 0 Å². The highest BCUT2D eigenvalue weighted by molar-refractivity contribution is 5.37. The molecule has 0 saturated heterocycles. The van der Waals surface area contributed by atoms with Gasteiger partial charge in [-0.1, -0.05) is 19.1 Å². The first-order valence-electron chi connectivity index (χ1n) is 6.60. The van der Waals surface area contributed by atoms with Crippen LogP contribution < -0.4 is 10.1 Å². The fraction of sp³-hybridized carbons (Fsp3) is 0.375. The highest BCUT2D eigenvalue weighted by Crippen LogP contribution is 2.28. The molecule has 3 heteroatoms. The topological polar surface area (TPSA) is 34.4 Å². The maximum absolute atomic E-state index is 5.64. The molecule has 0 aliphatic heterocycles. The summed E-state index contributed by atoms with van der Waals surface area (Å²) in [6.07, 6.45) is 0. The predicted octanol–water partition coefficient (Wildman–Crippen LogP) is 3.60. The maximum Gasteiger partial charge on any atom is 0.118 e. The van der Waals surface area contributed by atoms with Gasteiger partial charge in [-0.15, -0.1) is 0 Å². The van der Waals surface area contributed by atoms with Crippen molar-refractivity contribution in [2.45, 2.75) is 26.8 Å². The van der Waals surface area contributed by atoms with Gasteiger partial charge in [-0.3, -0.25) is 0 Å². The van der Waals surface area contributed by atoms with E-state index in [-0.39, 0.29) is 6.04 Å². The van der Waals surface area contributed by atoms with Crippen LogP contribution in [0.1, 0.15) is 35.6 Å². The van der Waals surface area contributed by atoms with Gasteiger partial charge in [0, 0.05) is 5.56 Å². The fourth-order valence-corrected chi connectivity index (χ4v) is 2.34. The number of furan rings is 1. The van der Waals surface area contributed by atoms with Crippen molar-refractivity contribution >= 4 is 0 Å². The summed E-state index contributed by atoms with van der Waals surface area (Å²) < 4.78 is 10.8. The van der Waals surface area contributed by atoms with E-state index in [1.54, 1.807) is 7.11 Å². The summed E-state index contributed by atoms with van der Waals surface area (Å²) in [6, 6.07) is 10.4. The molecule has 2 aromatic rings. The normalized spacial score (nSPS) is 12.4. The van der Waals surface area contributed by atoms with Gasteiger partial charge in [-0.2, -0.15) is 0 Å². The minimum atomic E-state index is 0.161. The van der Waals surface area contributed by atoms with Gasteiger partial charge in [0.1, 0.15) is 17.3 Å². The first kappa shape index (κ1) is 13.7. The van der Waals surface area contributed by atoms with Crippen LogP contribution in [0.25, 0.3) is 0 Å². The molecule has 0 saturated carbocycles. The molecule has 0 bridgehead atoms. The van der Waals surface area contributed by atoms with Gasteiger partial charge >= 0.3 is 0 Å². The molecule has 1 atom stereocenters. The van der Waals surface area contributed by atoms with Gasteiger partial charge in [-0.25, -0.2) is 0 Å². The van der Waals surface area contributed by atoms with Crippen LogP contribution in [0.5, 0.6) is 5.75 Å². The monoisotopic (exact) mass is 259 g/mol. The summed E-state index contributed by atoms with van der Waals surface area (Å²) >= 11 is 0. The van der Waals surface area contributed by atoms with Gasteiger partial charge < -0.3 is 14.5 Å². The summed E-state index contributed by atoms with van der Waals surface area (Å²) in [5.74, 6) is 2.79. The molecule has 0 spiro atoms. The molecule has 3 nitrogen and oxygen atoms in total. The van der Waals surface area contributed by atoms with E-state index in [1.807, 2.05) is 26.0 Å². The highest BCUT2D eigenvalue weighted by atomic mass is 16.5. The predicted molar refractivity (Wildman–Crippen MR) is 76.7 cm³/mol. The van der Waals surface area contributed by atoms with Gasteiger partial charge in [0.15, 0.2) is 0 Å². The van der Waals surface area contributed by atoms with Crippen molar-refractivity contribution in [3.63, 3.8) is 0 Å². The second-order valence-electron chi connectivity index (χ2n) is 4.63. The number of benzene rings is 1. The molecule has 102 valence electrons. The fourth-order valence-electron chi connectivity index (χ4n) is 2.34. The Labute approximate surface area is 114 Å². The average molecular weight is 259 g/mol. The van der Waals surface area contributed by atoms with E-state index < -0.39 is 0 Å². The lowest BCUT2D eigenvalue weighted by Crippen LogP contribution is -2.22. The maximum atomic E-state index is 5.64. The number of nitrogens with one attached hydrogen (secondary N) is 1. The number of hydrogen-bond acceptors (Lipinski definition) is 3. The zero-order valence-corrected chi connectivity index (χ0v) is 12.0. The van der Waals surface area contributed by atoms with Crippen LogP contribution in [0.3, 0.4) is 0 Å². The average Bonchev–Trinajstić information content (AvgIpc) is 2.75. The SMILES string of the molecule is CCNC(c1ccc(OC)cc1)c1cc(C)oc1C. The summed E-state index contributed by atoms with van der Waals surface area (Å²) in [7, 11) is 1.68. The molecule has 0 aliphatic carbocycles. The smallest absolute Gasteiger partial charge is 0.118 e. The van der Waals surface area contributed by atoms with Crippen molar-refractivity contribution in [1.82, 2.24) is 5.32 Å². The Bertz CT molecular complexity index is 528. The number of ether oxygens (including phenoxy) is 1. The summed E-state index contributed by atoms with van der Waals surface area (Å²) in [5, 5.41) is 3.51. The number of aryl methyl sites for hydroxylation is 2. The van der Waals surface area contributed by atoms with Crippen LogP contribution >= 0.6 is 0 Å². The van der Waals surface area contributed by atoms with E-state index >= 15 is 0 Å². The molecule has 1 aromatic heterocycles. The quantitative estimate of drug-likeness (QED) is 0.890. The lowest BCUT2D eigenvalue weighted by atomic mass is 9.99. The molecule has 1 heterocycles. The molecule has 0 aliphatic rings. The van der Waals surface area contributed by atoms with Crippen LogP contribution in [0.4, 0.5) is 0 Å². The molecule has 1 unspecified atom stereocenters. The second kappa shape index (κ2) is 5.93. The van der Waals surface area contributed by atoms with E-state index in [0.717, 1.165) is 23.8 Å². The third kappa shape index (κ3) is 2.99. The van der Waals surface area contributed by atoms with Gasteiger partial charge in [0.05, 0.1) is 13.2 Å². The van der Waals surface area contributed by atoms with Crippen molar-refractivity contribution in [3.8, 4) is 5.75 Å². The van der Waals surface area contributed by atoms with Crippen LogP contribution in [0, 0.1) is 13.8 Å². The Kier molecular flexibility index (Phi) is 4.27. The van der Waals surface area contributed by atoms with Crippen LogP contribution in [-0.4, -0.2) is 13.7 Å². The zero-order chi connectivity index (χ0) is 13.8. The van der Waals surface area contributed by atoms with Crippen molar-refractivity contribution in [2.75, 3.05) is 13.7 Å². The lowest BCUT2D eigenvalue weighted by Gasteiger charge is -2.18. The molecule has 0 fully saturated rings. The molecule has 0 amide bonds. The van der Waals surface area contributed by atoms with Crippen molar-refractivity contribution in [1.29, 1.82) is 0 Å². The third-order valence-electron chi connectivity index (χ3n) is 3.25. The molecular formula is C16H21NO2. The number of methoxy groups -OCH3 is 1. The summed E-state index contributed by atoms with van der Waals surface area (Å²) in [4.78, 5) is 0. The van der Waals surface area contributed by atoms with E-state index in [4.69, 9.17) is 9.15 Å². The number of rotatable bonds is 5. The van der Waals surface area contributed by atoms with E-state index in [2.05, 4.69) is 30.4 Å². The summed E-state index contributed by atoms with van der Waals surface area (Å²) in [5.41, 5.74) is 2.41. The summed E-state index contributed by atoms with van der Waals surface area (Å²) in [6.45, 7) is 7.00. The molecule has 19 heavy (non-hydrogen) atoms. The molecule has 2 rings (SSSR count). The van der Waals surface area contributed by atoms with Gasteiger partial charge in [0.25, 0.3) is 0 Å². The second-order valence-corrected chi connectivity index (χ2v) is 4.63. The standard InChI is InChI=1S/C16H21NO2/c1-5-17-16(15-10-11(2)19-12(15)3)13-6-8-14(18-4)9-7-13/h6-10,16-17H,5H2,1-4H3. The van der Waals surface area contributed by atoms with Crippen molar-refractivity contribution in [2.24, 2.45) is 0 Å². The van der Waals surface area contributed by atoms with Crippen LogP contribution in [0.2, 0.25) is 0 Å². The highest BCUT2D eigenvalue weighted by Gasteiger charge is 2.18. The molecule has 1 N–H and O–H groups in total. The molecular weight excluding hydrogens is 238 g/mol. The Morgan fingerprint density at radius 1 is 1.21 bits per heavy atom. The Hall–Kier alpha value is -1.74. The minimum absolute atomic E-state index is 0.161. The first-order chi connectivity index (χ1) is 9.15. The lowest BCUT2D eigenvalue weighted by molar-refractivity contribution is 0.414. The van der Waals surface area contributed by atoms with E-state index in [1.165, 1.54) is 11.1 Å².